The van der Waals surface area contributed by atoms with E-state index < -0.39 is 23.8 Å². The van der Waals surface area contributed by atoms with Crippen LogP contribution < -0.4 is 10.6 Å². The maximum Gasteiger partial charge on any atom is 0.315 e. The Bertz CT molecular complexity index is 831. The number of benzene rings is 2. The first kappa shape index (κ1) is 23.6. The van der Waals surface area contributed by atoms with E-state index in [9.17, 15) is 19.2 Å². The molecule has 0 radical (unpaired) electrons. The van der Waals surface area contributed by atoms with Crippen molar-refractivity contribution in [3.05, 3.63) is 59.7 Å². The van der Waals surface area contributed by atoms with Gasteiger partial charge in [0.15, 0.2) is 0 Å². The SMILES string of the molecule is CCOC(=O)CC(=O)Nc1ccc(Cc2ccc(NC(=O)CC(=O)OCC)cc2)cc1. The minimum absolute atomic E-state index is 0.238. The lowest BCUT2D eigenvalue weighted by atomic mass is 10.0. The van der Waals surface area contributed by atoms with Crippen molar-refractivity contribution < 1.29 is 28.7 Å². The average molecular weight is 426 g/mol. The summed E-state index contributed by atoms with van der Waals surface area (Å²) in [6.45, 7) is 3.85. The highest BCUT2D eigenvalue weighted by Crippen LogP contribution is 2.16. The summed E-state index contributed by atoms with van der Waals surface area (Å²) in [5.41, 5.74) is 3.25. The number of nitrogens with one attached hydrogen (secondary N) is 2. The Labute approximate surface area is 180 Å². The second kappa shape index (κ2) is 12.1. The van der Waals surface area contributed by atoms with E-state index in [1.807, 2.05) is 24.3 Å². The molecule has 8 nitrogen and oxygen atoms in total. The topological polar surface area (TPSA) is 111 Å². The number of carbonyl (C=O) groups excluding carboxylic acids is 4. The van der Waals surface area contributed by atoms with Crippen molar-refractivity contribution in [2.75, 3.05) is 23.8 Å². The van der Waals surface area contributed by atoms with Crippen molar-refractivity contribution in [3.8, 4) is 0 Å². The predicted molar refractivity (Wildman–Crippen MR) is 115 cm³/mol. The standard InChI is InChI=1S/C23H26N2O6/c1-3-30-22(28)14-20(26)24-18-9-5-16(6-10-18)13-17-7-11-19(12-8-17)25-21(27)15-23(29)31-4-2/h5-12H,3-4,13-15H2,1-2H3,(H,24,26)(H,25,27). The zero-order valence-corrected chi connectivity index (χ0v) is 17.6. The fourth-order valence-electron chi connectivity index (χ4n) is 2.74. The quantitative estimate of drug-likeness (QED) is 0.446. The Kier molecular flexibility index (Phi) is 9.22. The van der Waals surface area contributed by atoms with Gasteiger partial charge < -0.3 is 20.1 Å². The molecular formula is C23H26N2O6. The zero-order valence-electron chi connectivity index (χ0n) is 17.6. The van der Waals surface area contributed by atoms with Gasteiger partial charge in [-0.1, -0.05) is 24.3 Å². The van der Waals surface area contributed by atoms with Crippen molar-refractivity contribution in [2.24, 2.45) is 0 Å². The van der Waals surface area contributed by atoms with Gasteiger partial charge in [0.25, 0.3) is 0 Å². The Morgan fingerprint density at radius 3 is 1.32 bits per heavy atom. The highest BCUT2D eigenvalue weighted by molar-refractivity contribution is 6.02. The van der Waals surface area contributed by atoms with E-state index in [0.29, 0.717) is 17.8 Å². The van der Waals surface area contributed by atoms with Gasteiger partial charge in [0.05, 0.1) is 13.2 Å². The first-order valence-electron chi connectivity index (χ1n) is 9.98. The molecule has 8 heteroatoms. The molecule has 0 unspecified atom stereocenters. The van der Waals surface area contributed by atoms with Crippen molar-refractivity contribution >= 4 is 35.1 Å². The number of ether oxygens (including phenoxy) is 2. The molecule has 2 rings (SSSR count). The molecule has 0 saturated carbocycles. The second-order valence-corrected chi connectivity index (χ2v) is 6.63. The molecule has 0 heterocycles. The zero-order chi connectivity index (χ0) is 22.6. The molecule has 0 bridgehead atoms. The monoisotopic (exact) mass is 426 g/mol. The van der Waals surface area contributed by atoms with E-state index in [0.717, 1.165) is 11.1 Å². The second-order valence-electron chi connectivity index (χ2n) is 6.63. The summed E-state index contributed by atoms with van der Waals surface area (Å²) in [5, 5.41) is 5.31. The number of hydrogen-bond donors (Lipinski definition) is 2. The minimum atomic E-state index is -0.558. The number of hydrogen-bond acceptors (Lipinski definition) is 6. The smallest absolute Gasteiger partial charge is 0.315 e. The molecule has 2 aromatic carbocycles. The van der Waals surface area contributed by atoms with E-state index in [1.54, 1.807) is 38.1 Å². The lowest BCUT2D eigenvalue weighted by Crippen LogP contribution is -2.18. The predicted octanol–water partition coefficient (Wildman–Crippen LogP) is 3.06. The van der Waals surface area contributed by atoms with Crippen molar-refractivity contribution in [2.45, 2.75) is 33.1 Å². The van der Waals surface area contributed by atoms with E-state index in [-0.39, 0.29) is 26.1 Å². The van der Waals surface area contributed by atoms with Crippen LogP contribution in [0.15, 0.2) is 48.5 Å². The Morgan fingerprint density at radius 2 is 1.00 bits per heavy atom. The van der Waals surface area contributed by atoms with Crippen LogP contribution in [0.3, 0.4) is 0 Å². The Balaban J connectivity index is 1.85. The molecule has 0 spiro atoms. The number of amides is 2. The molecule has 0 saturated heterocycles. The third kappa shape index (κ3) is 8.69. The highest BCUT2D eigenvalue weighted by atomic mass is 16.5. The molecule has 164 valence electrons. The van der Waals surface area contributed by atoms with Gasteiger partial charge in [0.1, 0.15) is 12.8 Å². The van der Waals surface area contributed by atoms with E-state index in [4.69, 9.17) is 9.47 Å². The summed E-state index contributed by atoms with van der Waals surface area (Å²) in [5.74, 6) is -1.96. The van der Waals surface area contributed by atoms with Gasteiger partial charge in [0, 0.05) is 11.4 Å². The number of esters is 2. The van der Waals surface area contributed by atoms with Gasteiger partial charge in [-0.05, 0) is 55.7 Å². The van der Waals surface area contributed by atoms with Gasteiger partial charge >= 0.3 is 11.9 Å². The number of anilines is 2. The van der Waals surface area contributed by atoms with Crippen molar-refractivity contribution in [1.82, 2.24) is 0 Å². The highest BCUT2D eigenvalue weighted by Gasteiger charge is 2.11. The van der Waals surface area contributed by atoms with Gasteiger partial charge in [-0.3, -0.25) is 19.2 Å². The summed E-state index contributed by atoms with van der Waals surface area (Å²) in [6.07, 6.45) is 0.0185. The normalized spacial score (nSPS) is 10.1. The largest absolute Gasteiger partial charge is 0.466 e. The molecule has 0 atom stereocenters. The van der Waals surface area contributed by atoms with Crippen LogP contribution in [0.2, 0.25) is 0 Å². The number of carbonyl (C=O) groups is 4. The number of rotatable bonds is 10. The molecule has 0 aliphatic rings. The van der Waals surface area contributed by atoms with Crippen LogP contribution in [0.25, 0.3) is 0 Å². The third-order valence-corrected chi connectivity index (χ3v) is 4.10. The average Bonchev–Trinajstić information content (AvgIpc) is 2.71. The molecule has 0 aliphatic heterocycles. The van der Waals surface area contributed by atoms with E-state index >= 15 is 0 Å². The first-order chi connectivity index (χ1) is 14.9. The van der Waals surface area contributed by atoms with Crippen LogP contribution in [0.4, 0.5) is 11.4 Å². The molecule has 2 N–H and O–H groups in total. The maximum atomic E-state index is 11.8. The summed E-state index contributed by atoms with van der Waals surface area (Å²) >= 11 is 0. The van der Waals surface area contributed by atoms with E-state index in [1.165, 1.54) is 0 Å². The first-order valence-corrected chi connectivity index (χ1v) is 9.98. The summed E-state index contributed by atoms with van der Waals surface area (Å²) < 4.78 is 9.50. The van der Waals surface area contributed by atoms with Crippen LogP contribution in [-0.4, -0.2) is 37.0 Å². The maximum absolute atomic E-state index is 11.8. The van der Waals surface area contributed by atoms with Crippen LogP contribution in [0, 0.1) is 0 Å². The molecule has 2 amide bonds. The fourth-order valence-corrected chi connectivity index (χ4v) is 2.74. The minimum Gasteiger partial charge on any atom is -0.466 e. The molecule has 0 aliphatic carbocycles. The summed E-state index contributed by atoms with van der Waals surface area (Å²) in [7, 11) is 0. The Morgan fingerprint density at radius 1 is 0.645 bits per heavy atom. The summed E-state index contributed by atoms with van der Waals surface area (Å²) in [6, 6.07) is 14.6. The van der Waals surface area contributed by atoms with Gasteiger partial charge in [-0.25, -0.2) is 0 Å². The lowest BCUT2D eigenvalue weighted by molar-refractivity contribution is -0.146. The molecule has 2 aromatic rings. The molecular weight excluding hydrogens is 400 g/mol. The van der Waals surface area contributed by atoms with E-state index in [2.05, 4.69) is 10.6 Å². The molecule has 0 fully saturated rings. The van der Waals surface area contributed by atoms with Crippen LogP contribution in [0.1, 0.15) is 37.8 Å². The van der Waals surface area contributed by atoms with Crippen LogP contribution >= 0.6 is 0 Å². The Hall–Kier alpha value is -3.68. The third-order valence-electron chi connectivity index (χ3n) is 4.10. The van der Waals surface area contributed by atoms with Crippen molar-refractivity contribution in [3.63, 3.8) is 0 Å². The molecule has 0 aromatic heterocycles. The lowest BCUT2D eigenvalue weighted by Gasteiger charge is -2.08. The van der Waals surface area contributed by atoms with Gasteiger partial charge in [0.2, 0.25) is 11.8 Å². The summed E-state index contributed by atoms with van der Waals surface area (Å²) in [4.78, 5) is 46.3. The van der Waals surface area contributed by atoms with Crippen LogP contribution in [-0.2, 0) is 35.1 Å². The van der Waals surface area contributed by atoms with Crippen molar-refractivity contribution in [1.29, 1.82) is 0 Å². The fraction of sp³-hybridized carbons (Fsp3) is 0.304. The van der Waals surface area contributed by atoms with Gasteiger partial charge in [-0.15, -0.1) is 0 Å². The van der Waals surface area contributed by atoms with Crippen LogP contribution in [0.5, 0.6) is 0 Å². The van der Waals surface area contributed by atoms with Gasteiger partial charge in [-0.2, -0.15) is 0 Å². The molecule has 31 heavy (non-hydrogen) atoms.